The second-order valence-corrected chi connectivity index (χ2v) is 22.8. The zero-order chi connectivity index (χ0) is 55.0. The number of benzene rings is 2. The van der Waals surface area contributed by atoms with E-state index in [4.69, 9.17) is 32.7 Å². The summed E-state index contributed by atoms with van der Waals surface area (Å²) in [6.07, 6.45) is 2.43. The van der Waals surface area contributed by atoms with E-state index < -0.39 is 23.4 Å². The topological polar surface area (TPSA) is 184 Å². The quantitative estimate of drug-likeness (QED) is 0.147. The third-order valence-corrected chi connectivity index (χ3v) is 14.2. The predicted octanol–water partition coefficient (Wildman–Crippen LogP) is 6.84. The molecule has 0 unspecified atom stereocenters. The van der Waals surface area contributed by atoms with Gasteiger partial charge in [-0.25, -0.2) is 19.2 Å². The fraction of sp³-hybridized carbons (Fsp3) is 0.519. The van der Waals surface area contributed by atoms with Crippen LogP contribution in [0.15, 0.2) is 67.7 Å². The minimum atomic E-state index is -0.594. The van der Waals surface area contributed by atoms with Gasteiger partial charge in [-0.05, 0) is 112 Å². The van der Waals surface area contributed by atoms with Gasteiger partial charge in [-0.3, -0.25) is 27.9 Å². The van der Waals surface area contributed by atoms with Crippen molar-refractivity contribution < 1.29 is 19.1 Å². The first-order valence-corrected chi connectivity index (χ1v) is 26.1. The van der Waals surface area contributed by atoms with Crippen LogP contribution in [0.2, 0.25) is 10.0 Å². The third-order valence-electron chi connectivity index (χ3n) is 13.5. The van der Waals surface area contributed by atoms with Gasteiger partial charge in [-0.1, -0.05) is 59.6 Å². The van der Waals surface area contributed by atoms with Crippen molar-refractivity contribution in [1.82, 2.24) is 42.9 Å². The number of halogens is 2. The molecule has 0 spiro atoms. The molecule has 21 heteroatoms. The molecule has 2 amide bonds. The first-order valence-electron chi connectivity index (χ1n) is 25.4. The number of nitrogens with one attached hydrogen (secondary N) is 2. The van der Waals surface area contributed by atoms with E-state index in [1.54, 1.807) is 18.7 Å². The highest BCUT2D eigenvalue weighted by molar-refractivity contribution is 6.31. The zero-order valence-electron chi connectivity index (χ0n) is 45.6. The number of fused-ring (bicyclic) bond motifs is 2. The van der Waals surface area contributed by atoms with E-state index in [1.807, 2.05) is 125 Å². The van der Waals surface area contributed by atoms with E-state index >= 15 is 0 Å². The molecule has 6 aromatic rings. The molecule has 75 heavy (non-hydrogen) atoms. The molecule has 19 nitrogen and oxygen atoms in total. The third kappa shape index (κ3) is 12.3. The number of nitrogens with zero attached hydrogens (tertiary/aromatic N) is 9. The summed E-state index contributed by atoms with van der Waals surface area (Å²) >= 11 is 13.1. The smallest absolute Gasteiger partial charge is 0.407 e. The van der Waals surface area contributed by atoms with Gasteiger partial charge >= 0.3 is 23.6 Å². The van der Waals surface area contributed by atoms with Crippen LogP contribution < -0.4 is 42.9 Å². The molecular weight excluding hydrogens is 1000 g/mol. The molecular formula is C54H73Cl2N11O8. The van der Waals surface area contributed by atoms with Crippen molar-refractivity contribution in [2.24, 2.45) is 28.2 Å². The Kier molecular flexibility index (Phi) is 16.8. The summed E-state index contributed by atoms with van der Waals surface area (Å²) in [4.78, 5) is 84.3. The Bertz CT molecular complexity index is 3370. The molecule has 2 aromatic carbocycles. The van der Waals surface area contributed by atoms with Gasteiger partial charge in [0.2, 0.25) is 0 Å². The normalized spacial score (nSPS) is 16.3. The van der Waals surface area contributed by atoms with Crippen LogP contribution in [0.1, 0.15) is 89.5 Å². The largest absolute Gasteiger partial charge is 0.444 e. The van der Waals surface area contributed by atoms with Crippen molar-refractivity contribution in [3.05, 3.63) is 123 Å². The Morgan fingerprint density at radius 1 is 0.613 bits per heavy atom. The molecule has 0 aliphatic carbocycles. The summed E-state index contributed by atoms with van der Waals surface area (Å²) in [5.74, 6) is 1.70. The van der Waals surface area contributed by atoms with E-state index in [1.165, 1.54) is 18.7 Å². The number of hydrogen-bond acceptors (Lipinski definition) is 11. The van der Waals surface area contributed by atoms with E-state index in [2.05, 4.69) is 20.4 Å². The summed E-state index contributed by atoms with van der Waals surface area (Å²) in [6, 6.07) is 14.8. The average Bonchev–Trinajstić information content (AvgIpc) is 3.79. The van der Waals surface area contributed by atoms with Crippen LogP contribution in [0.25, 0.3) is 22.1 Å². The molecule has 2 N–H and O–H groups in total. The van der Waals surface area contributed by atoms with Gasteiger partial charge in [0.15, 0.2) is 0 Å². The lowest BCUT2D eigenvalue weighted by Gasteiger charge is -2.36. The first kappa shape index (κ1) is 56.3. The second-order valence-electron chi connectivity index (χ2n) is 22.0. The van der Waals surface area contributed by atoms with Crippen LogP contribution in [0.5, 0.6) is 0 Å². The summed E-state index contributed by atoms with van der Waals surface area (Å²) < 4.78 is 20.3. The second kappa shape index (κ2) is 22.4. The number of carbonyl (C=O) groups excluding carboxylic acids is 2. The molecule has 2 fully saturated rings. The van der Waals surface area contributed by atoms with Crippen molar-refractivity contribution in [3.8, 4) is 0 Å². The zero-order valence-corrected chi connectivity index (χ0v) is 47.1. The van der Waals surface area contributed by atoms with Crippen LogP contribution >= 0.6 is 23.2 Å². The van der Waals surface area contributed by atoms with E-state index in [-0.39, 0.29) is 34.6 Å². The molecule has 4 aromatic heterocycles. The Morgan fingerprint density at radius 2 is 1.01 bits per heavy atom. The van der Waals surface area contributed by atoms with Gasteiger partial charge in [-0.2, -0.15) is 0 Å². The highest BCUT2D eigenvalue weighted by atomic mass is 35.5. The molecule has 406 valence electrons. The lowest BCUT2D eigenvalue weighted by atomic mass is 10.1. The van der Waals surface area contributed by atoms with Crippen molar-refractivity contribution in [3.63, 3.8) is 0 Å². The number of carbonyl (C=O) groups is 2. The summed E-state index contributed by atoms with van der Waals surface area (Å²) in [6.45, 7) is 16.8. The van der Waals surface area contributed by atoms with E-state index in [0.717, 1.165) is 81.8 Å². The maximum absolute atomic E-state index is 13.7. The maximum Gasteiger partial charge on any atom is 0.407 e. The lowest BCUT2D eigenvalue weighted by molar-refractivity contribution is 0.0488. The molecule has 2 saturated heterocycles. The summed E-state index contributed by atoms with van der Waals surface area (Å²) in [5, 5.41) is 7.22. The van der Waals surface area contributed by atoms with Crippen LogP contribution in [0, 0.1) is 6.92 Å². The Labute approximate surface area is 447 Å². The molecule has 2 atom stereocenters. The molecule has 2 aliphatic heterocycles. The Hall–Kier alpha value is -6.44. The van der Waals surface area contributed by atoms with Crippen molar-refractivity contribution in [2.75, 3.05) is 50.1 Å². The van der Waals surface area contributed by atoms with Crippen molar-refractivity contribution >= 4 is 69.1 Å². The molecule has 0 bridgehead atoms. The van der Waals surface area contributed by atoms with Gasteiger partial charge in [0, 0.05) is 94.2 Å². The van der Waals surface area contributed by atoms with Crippen LogP contribution in [-0.4, -0.2) is 108 Å². The van der Waals surface area contributed by atoms with Crippen molar-refractivity contribution in [1.29, 1.82) is 0 Å². The monoisotopic (exact) mass is 1070 g/mol. The minimum absolute atomic E-state index is 0.119. The number of anilines is 2. The average molecular weight is 1080 g/mol. The van der Waals surface area contributed by atoms with Gasteiger partial charge in [0.05, 0.1) is 24.1 Å². The van der Waals surface area contributed by atoms with Gasteiger partial charge in [0.25, 0.3) is 11.1 Å². The molecule has 6 heterocycles. The predicted molar refractivity (Wildman–Crippen MR) is 297 cm³/mol. The highest BCUT2D eigenvalue weighted by Crippen LogP contribution is 2.36. The number of ether oxygens (including phenoxy) is 2. The first-order chi connectivity index (χ1) is 35.2. The molecule has 8 rings (SSSR count). The maximum atomic E-state index is 13.7. The van der Waals surface area contributed by atoms with Crippen LogP contribution in [0.4, 0.5) is 21.2 Å². The number of aryl methyl sites for hydroxylation is 3. The summed E-state index contributed by atoms with van der Waals surface area (Å²) in [5.41, 5.74) is 2.95. The number of amides is 2. The summed E-state index contributed by atoms with van der Waals surface area (Å²) in [7, 11) is 10.3. The van der Waals surface area contributed by atoms with E-state index in [0.29, 0.717) is 64.8 Å². The Morgan fingerprint density at radius 3 is 1.44 bits per heavy atom. The molecule has 0 radical (unpaired) electrons. The van der Waals surface area contributed by atoms with Gasteiger partial charge < -0.3 is 43.9 Å². The van der Waals surface area contributed by atoms with Crippen LogP contribution in [-0.2, 0) is 57.3 Å². The number of aromatic nitrogens is 6. The van der Waals surface area contributed by atoms with Gasteiger partial charge in [0.1, 0.15) is 33.9 Å². The van der Waals surface area contributed by atoms with Crippen molar-refractivity contribution in [2.45, 2.75) is 117 Å². The van der Waals surface area contributed by atoms with E-state index in [9.17, 15) is 28.8 Å². The van der Waals surface area contributed by atoms with Crippen LogP contribution in [0.3, 0.4) is 0 Å². The number of piperidine rings is 2. The SMILES string of the molecule is CN(C)Cc1c(N2CCC[C@@H](NC(=O)OC(C)(C)C)C2)n(Cc2ccccc2Cl)c2c(=O)n(C)c(=O)n(C)c12.Cc1c(N2CCC[C@@H](NC(=O)OC(C)(C)C)C2)n(Cc2ccccc2Cl)c2c(=O)n(C)c(=O)n(C)c12. The minimum Gasteiger partial charge on any atom is -0.444 e. The fourth-order valence-electron chi connectivity index (χ4n) is 10.4. The molecule has 2 aliphatic rings. The lowest BCUT2D eigenvalue weighted by Crippen LogP contribution is -2.49. The standard InChI is InChI=1S/C28H39ClN6O4.C26H34ClN5O4/c1-28(2,3)39-26(37)30-19-12-10-14-34(16-19)24-20(17-31(4)5)22-23(25(36)33(7)27(38)32(22)6)35(24)15-18-11-8-9-13-21(18)29;1-16-20-21(23(33)30(6)25(35)29(20)5)32(14-17-10-7-8-12-19(17)27)22(16)31-13-9-11-18(15-31)28-24(34)36-26(2,3)4/h8-9,11,13,19H,10,12,14-17H2,1-7H3,(H,30,37);7-8,10,12,18H,9,11,13-15H2,1-6H3,(H,28,34)/t19-;18-/m11/s1. The van der Waals surface area contributed by atoms with Gasteiger partial charge in [-0.15, -0.1) is 0 Å². The molecule has 0 saturated carbocycles. The fourth-order valence-corrected chi connectivity index (χ4v) is 10.8. The Balaban J connectivity index is 0.000000219. The number of hydrogen-bond donors (Lipinski definition) is 2. The number of alkyl carbamates (subject to hydrolysis) is 2. The number of rotatable bonds is 10. The highest BCUT2D eigenvalue weighted by Gasteiger charge is 2.33.